The summed E-state index contributed by atoms with van der Waals surface area (Å²) in [5.74, 6) is 0.170. The largest absolute Gasteiger partial charge is 0.354 e. The minimum atomic E-state index is -0.448. The van der Waals surface area contributed by atoms with E-state index in [1.807, 2.05) is 0 Å². The normalized spacial score (nSPS) is 20.3. The van der Waals surface area contributed by atoms with Crippen molar-refractivity contribution in [3.05, 3.63) is 32.3 Å². The van der Waals surface area contributed by atoms with Gasteiger partial charge in [-0.2, -0.15) is 0 Å². The van der Waals surface area contributed by atoms with Crippen LogP contribution in [-0.4, -0.2) is 42.5 Å². The van der Waals surface area contributed by atoms with Gasteiger partial charge in [-0.15, -0.1) is 11.3 Å². The average Bonchev–Trinajstić information content (AvgIpc) is 3.14. The number of nitrogens with one attached hydrogen (secondary N) is 2. The van der Waals surface area contributed by atoms with E-state index >= 15 is 0 Å². The Morgan fingerprint density at radius 2 is 2.00 bits per heavy atom. The lowest BCUT2D eigenvalue weighted by Crippen LogP contribution is -2.40. The molecule has 0 unspecified atom stereocenters. The Hall–Kier alpha value is -1.97. The maximum Gasteiger partial charge on any atom is 0.328 e. The zero-order chi connectivity index (χ0) is 19.4. The summed E-state index contributed by atoms with van der Waals surface area (Å²) in [5.41, 5.74) is 0.00165. The second-order valence-electron chi connectivity index (χ2n) is 6.87. The Labute approximate surface area is 160 Å². The maximum absolute atomic E-state index is 12.5. The molecule has 0 atom stereocenters. The van der Waals surface area contributed by atoms with Crippen LogP contribution in [0.5, 0.6) is 0 Å². The first-order valence-corrected chi connectivity index (χ1v) is 9.95. The highest BCUT2D eigenvalue weighted by atomic mass is 32.1. The molecule has 0 saturated heterocycles. The quantitative estimate of drug-likeness (QED) is 0.688. The fraction of sp³-hybridized carbons (Fsp3) is 0.611. The lowest BCUT2D eigenvalue weighted by molar-refractivity contribution is -0.132. The van der Waals surface area contributed by atoms with Crippen molar-refractivity contribution in [1.29, 1.82) is 0 Å². The smallest absolute Gasteiger partial charge is 0.328 e. The van der Waals surface area contributed by atoms with E-state index < -0.39 is 6.29 Å². The third kappa shape index (κ3) is 4.48. The van der Waals surface area contributed by atoms with E-state index in [0.29, 0.717) is 23.3 Å². The van der Waals surface area contributed by atoms with Crippen molar-refractivity contribution in [2.24, 2.45) is 11.8 Å². The van der Waals surface area contributed by atoms with Crippen LogP contribution in [-0.2, 0) is 20.8 Å². The summed E-state index contributed by atoms with van der Waals surface area (Å²) in [6.07, 6.45) is 2.66. The number of nitrogens with zero attached hydrogens (tertiary/aromatic N) is 1. The highest BCUT2D eigenvalue weighted by Gasteiger charge is 2.27. The molecule has 0 aliphatic heterocycles. The molecule has 2 aromatic heterocycles. The maximum atomic E-state index is 12.5. The molecule has 1 aliphatic rings. The molecule has 2 N–H and O–H groups in total. The number of thiophene rings is 1. The number of aromatic amines is 1. The van der Waals surface area contributed by atoms with Crippen molar-refractivity contribution in [2.75, 3.05) is 20.8 Å². The van der Waals surface area contributed by atoms with Crippen LogP contribution in [0, 0.1) is 11.8 Å². The fourth-order valence-electron chi connectivity index (χ4n) is 3.59. The molecule has 27 heavy (non-hydrogen) atoms. The molecule has 1 saturated carbocycles. The van der Waals surface area contributed by atoms with Crippen molar-refractivity contribution < 1.29 is 14.3 Å². The van der Waals surface area contributed by atoms with Crippen LogP contribution in [0.1, 0.15) is 25.7 Å². The van der Waals surface area contributed by atoms with Gasteiger partial charge in [0.15, 0.2) is 6.29 Å². The molecule has 1 amide bonds. The van der Waals surface area contributed by atoms with Gasteiger partial charge in [0.25, 0.3) is 5.56 Å². The summed E-state index contributed by atoms with van der Waals surface area (Å²) in [6, 6.07) is 1.74. The third-order valence-corrected chi connectivity index (χ3v) is 6.12. The summed E-state index contributed by atoms with van der Waals surface area (Å²) in [6.45, 7) is 0.711. The molecule has 2 heterocycles. The van der Waals surface area contributed by atoms with Crippen molar-refractivity contribution in [3.8, 4) is 0 Å². The number of ether oxygens (including phenoxy) is 2. The van der Waals surface area contributed by atoms with Crippen molar-refractivity contribution >= 4 is 27.5 Å². The van der Waals surface area contributed by atoms with E-state index in [0.717, 1.165) is 25.7 Å². The van der Waals surface area contributed by atoms with Gasteiger partial charge in [0.05, 0.1) is 12.1 Å². The monoisotopic (exact) mass is 395 g/mol. The molecule has 0 bridgehead atoms. The Bertz CT molecular complexity index is 890. The van der Waals surface area contributed by atoms with Crippen LogP contribution in [0.3, 0.4) is 0 Å². The zero-order valence-electron chi connectivity index (χ0n) is 15.5. The summed E-state index contributed by atoms with van der Waals surface area (Å²) >= 11 is 1.34. The van der Waals surface area contributed by atoms with E-state index in [2.05, 4.69) is 10.3 Å². The van der Waals surface area contributed by atoms with Crippen molar-refractivity contribution in [2.45, 2.75) is 38.5 Å². The van der Waals surface area contributed by atoms with Gasteiger partial charge in [0.1, 0.15) is 4.70 Å². The van der Waals surface area contributed by atoms with Gasteiger partial charge in [-0.05, 0) is 43.0 Å². The molecule has 0 spiro atoms. The van der Waals surface area contributed by atoms with Gasteiger partial charge in [0.2, 0.25) is 5.91 Å². The standard InChI is InChI=1S/C18H25N3O5S/c1-25-14(26-2)9-19-16(22)12-5-3-11(4-6-12)10-21-17(23)15-13(7-8-27-15)20-18(21)24/h7-8,11-12,14H,3-6,9-10H2,1-2H3,(H,19,22)(H,20,24). The number of methoxy groups -OCH3 is 2. The van der Waals surface area contributed by atoms with Crippen molar-refractivity contribution in [1.82, 2.24) is 14.9 Å². The lowest BCUT2D eigenvalue weighted by atomic mass is 9.81. The fourth-order valence-corrected chi connectivity index (χ4v) is 4.39. The second kappa shape index (κ2) is 8.81. The first-order valence-electron chi connectivity index (χ1n) is 9.07. The Morgan fingerprint density at radius 1 is 1.30 bits per heavy atom. The van der Waals surface area contributed by atoms with Gasteiger partial charge in [-0.1, -0.05) is 0 Å². The van der Waals surface area contributed by atoms with Gasteiger partial charge < -0.3 is 19.8 Å². The molecule has 148 valence electrons. The van der Waals surface area contributed by atoms with Gasteiger partial charge in [-0.3, -0.25) is 14.2 Å². The number of rotatable bonds is 7. The Morgan fingerprint density at radius 3 is 2.67 bits per heavy atom. The molecule has 3 rings (SSSR count). The highest BCUT2D eigenvalue weighted by molar-refractivity contribution is 7.17. The van der Waals surface area contributed by atoms with E-state index in [1.165, 1.54) is 30.1 Å². The molecule has 0 aromatic carbocycles. The van der Waals surface area contributed by atoms with Gasteiger partial charge in [-0.25, -0.2) is 4.79 Å². The third-order valence-electron chi connectivity index (χ3n) is 5.22. The molecule has 9 heteroatoms. The summed E-state index contributed by atoms with van der Waals surface area (Å²) in [7, 11) is 3.06. The number of carbonyl (C=O) groups excluding carboxylic acids is 1. The Balaban J connectivity index is 1.56. The van der Waals surface area contributed by atoms with Crippen LogP contribution in [0.25, 0.3) is 10.2 Å². The van der Waals surface area contributed by atoms with E-state index in [4.69, 9.17) is 9.47 Å². The van der Waals surface area contributed by atoms with Crippen LogP contribution < -0.4 is 16.6 Å². The molecule has 8 nitrogen and oxygen atoms in total. The molecule has 1 aliphatic carbocycles. The highest BCUT2D eigenvalue weighted by Crippen LogP contribution is 2.29. The first kappa shape index (κ1) is 19.8. The van der Waals surface area contributed by atoms with Gasteiger partial charge >= 0.3 is 5.69 Å². The van der Waals surface area contributed by atoms with E-state index in [1.54, 1.807) is 11.4 Å². The second-order valence-corrected chi connectivity index (χ2v) is 7.79. The molecule has 0 radical (unpaired) electrons. The number of aromatic nitrogens is 2. The van der Waals surface area contributed by atoms with Crippen molar-refractivity contribution in [3.63, 3.8) is 0 Å². The topological polar surface area (TPSA) is 102 Å². The SMILES string of the molecule is COC(CNC(=O)C1CCC(Cn2c(=O)[nH]c3ccsc3c2=O)CC1)OC. The molecule has 2 aromatic rings. The molecular weight excluding hydrogens is 370 g/mol. The van der Waals surface area contributed by atoms with E-state index in [9.17, 15) is 14.4 Å². The Kier molecular flexibility index (Phi) is 6.46. The first-order chi connectivity index (χ1) is 13.0. The average molecular weight is 395 g/mol. The molecular formula is C18H25N3O5S. The summed E-state index contributed by atoms with van der Waals surface area (Å²) in [4.78, 5) is 39.8. The summed E-state index contributed by atoms with van der Waals surface area (Å²) in [5, 5.41) is 4.66. The van der Waals surface area contributed by atoms with Crippen LogP contribution in [0.15, 0.2) is 21.0 Å². The number of hydrogen-bond acceptors (Lipinski definition) is 6. The number of carbonyl (C=O) groups is 1. The van der Waals surface area contributed by atoms with Gasteiger partial charge in [0, 0.05) is 26.7 Å². The lowest BCUT2D eigenvalue weighted by Gasteiger charge is -2.28. The zero-order valence-corrected chi connectivity index (χ0v) is 16.3. The minimum absolute atomic E-state index is 0.00238. The summed E-state index contributed by atoms with van der Waals surface area (Å²) < 4.78 is 12.0. The molecule has 1 fully saturated rings. The van der Waals surface area contributed by atoms with Crippen LogP contribution in [0.2, 0.25) is 0 Å². The van der Waals surface area contributed by atoms with Crippen LogP contribution in [0.4, 0.5) is 0 Å². The van der Waals surface area contributed by atoms with Crippen LogP contribution >= 0.6 is 11.3 Å². The van der Waals surface area contributed by atoms with E-state index in [-0.39, 0.29) is 29.0 Å². The number of H-pyrrole nitrogens is 1. The minimum Gasteiger partial charge on any atom is -0.354 e. The predicted molar refractivity (Wildman–Crippen MR) is 103 cm³/mol. The number of amides is 1. The number of fused-ring (bicyclic) bond motifs is 1. The number of hydrogen-bond donors (Lipinski definition) is 2. The predicted octanol–water partition coefficient (Wildman–Crippen LogP) is 1.29.